The monoisotopic (exact) mass is 316 g/mol. The van der Waals surface area contributed by atoms with E-state index in [1.54, 1.807) is 37.5 Å². The van der Waals surface area contributed by atoms with E-state index in [-0.39, 0.29) is 5.78 Å². The lowest BCUT2D eigenvalue weighted by atomic mass is 10.1. The molecule has 0 radical (unpaired) electrons. The van der Waals surface area contributed by atoms with E-state index in [2.05, 4.69) is 0 Å². The smallest absolute Gasteiger partial charge is 0.185 e. The van der Waals surface area contributed by atoms with E-state index in [4.69, 9.17) is 21.1 Å². The van der Waals surface area contributed by atoms with Gasteiger partial charge in [-0.15, -0.1) is 0 Å². The van der Waals surface area contributed by atoms with Gasteiger partial charge in [-0.3, -0.25) is 4.79 Å². The molecule has 114 valence electrons. The molecule has 0 atom stereocenters. The van der Waals surface area contributed by atoms with Crippen molar-refractivity contribution in [3.8, 4) is 11.5 Å². The van der Waals surface area contributed by atoms with Crippen LogP contribution in [0.25, 0.3) is 6.08 Å². The first-order valence-electron chi connectivity index (χ1n) is 6.93. The molecular formula is C18H17ClO3. The topological polar surface area (TPSA) is 35.5 Å². The van der Waals surface area contributed by atoms with Crippen LogP contribution in [0.1, 0.15) is 22.8 Å². The van der Waals surface area contributed by atoms with E-state index in [1.807, 2.05) is 25.1 Å². The van der Waals surface area contributed by atoms with Crippen molar-refractivity contribution >= 4 is 23.5 Å². The summed E-state index contributed by atoms with van der Waals surface area (Å²) < 4.78 is 10.7. The van der Waals surface area contributed by atoms with Crippen LogP contribution in [-0.2, 0) is 0 Å². The Kier molecular flexibility index (Phi) is 5.61. The molecule has 22 heavy (non-hydrogen) atoms. The largest absolute Gasteiger partial charge is 0.493 e. The van der Waals surface area contributed by atoms with Crippen molar-refractivity contribution in [2.24, 2.45) is 0 Å². The number of ether oxygens (including phenoxy) is 2. The molecule has 2 aromatic rings. The maximum Gasteiger partial charge on any atom is 0.185 e. The van der Waals surface area contributed by atoms with E-state index < -0.39 is 0 Å². The quantitative estimate of drug-likeness (QED) is 0.575. The molecule has 2 aromatic carbocycles. The first-order valence-corrected chi connectivity index (χ1v) is 7.30. The summed E-state index contributed by atoms with van der Waals surface area (Å²) in [5.74, 6) is 1.22. The van der Waals surface area contributed by atoms with Crippen LogP contribution < -0.4 is 9.47 Å². The molecule has 0 N–H and O–H groups in total. The normalized spacial score (nSPS) is 10.7. The van der Waals surface area contributed by atoms with Gasteiger partial charge in [0, 0.05) is 10.6 Å². The highest BCUT2D eigenvalue weighted by molar-refractivity contribution is 6.31. The molecule has 0 unspecified atom stereocenters. The lowest BCUT2D eigenvalue weighted by Gasteiger charge is -2.09. The van der Waals surface area contributed by atoms with Crippen LogP contribution in [-0.4, -0.2) is 19.5 Å². The number of hydrogen-bond donors (Lipinski definition) is 0. The van der Waals surface area contributed by atoms with Crippen molar-refractivity contribution < 1.29 is 14.3 Å². The van der Waals surface area contributed by atoms with Gasteiger partial charge in [-0.2, -0.15) is 0 Å². The van der Waals surface area contributed by atoms with Crippen LogP contribution in [0, 0.1) is 0 Å². The number of benzene rings is 2. The number of ketones is 1. The number of halogens is 1. The number of methoxy groups -OCH3 is 1. The van der Waals surface area contributed by atoms with Crippen LogP contribution in [0.4, 0.5) is 0 Å². The van der Waals surface area contributed by atoms with Crippen molar-refractivity contribution in [2.75, 3.05) is 13.7 Å². The van der Waals surface area contributed by atoms with Crippen LogP contribution in [0.2, 0.25) is 5.02 Å². The van der Waals surface area contributed by atoms with E-state index in [1.165, 1.54) is 6.08 Å². The Balaban J connectivity index is 2.19. The van der Waals surface area contributed by atoms with Gasteiger partial charge >= 0.3 is 0 Å². The molecule has 0 aromatic heterocycles. The molecule has 3 nitrogen and oxygen atoms in total. The second-order valence-corrected chi connectivity index (χ2v) is 4.99. The van der Waals surface area contributed by atoms with Crippen molar-refractivity contribution in [1.29, 1.82) is 0 Å². The predicted molar refractivity (Wildman–Crippen MR) is 89.0 cm³/mol. The Morgan fingerprint density at radius 1 is 1.18 bits per heavy atom. The second-order valence-electron chi connectivity index (χ2n) is 4.55. The lowest BCUT2D eigenvalue weighted by molar-refractivity contribution is 0.104. The van der Waals surface area contributed by atoms with E-state index in [0.717, 1.165) is 5.56 Å². The fourth-order valence-electron chi connectivity index (χ4n) is 1.98. The standard InChI is InChI=1S/C18H17ClO3/c1-3-22-18-11-13(8-10-17(18)21-2)7-9-16(20)14-5-4-6-15(19)12-14/h4-12H,3H2,1-2H3/b9-7+. The van der Waals surface area contributed by atoms with Crippen LogP contribution in [0.3, 0.4) is 0 Å². The second kappa shape index (κ2) is 7.66. The number of hydrogen-bond acceptors (Lipinski definition) is 3. The summed E-state index contributed by atoms with van der Waals surface area (Å²) in [6.45, 7) is 2.45. The summed E-state index contributed by atoms with van der Waals surface area (Å²) in [7, 11) is 1.59. The highest BCUT2D eigenvalue weighted by atomic mass is 35.5. The molecule has 0 fully saturated rings. The molecule has 4 heteroatoms. The Morgan fingerprint density at radius 3 is 2.68 bits per heavy atom. The zero-order valence-corrected chi connectivity index (χ0v) is 13.3. The van der Waals surface area contributed by atoms with Crippen LogP contribution in [0.15, 0.2) is 48.5 Å². The van der Waals surface area contributed by atoms with Gasteiger partial charge in [0.05, 0.1) is 13.7 Å². The van der Waals surface area contributed by atoms with Gasteiger partial charge in [0.25, 0.3) is 0 Å². The molecule has 0 saturated heterocycles. The maximum absolute atomic E-state index is 12.1. The minimum atomic E-state index is -0.101. The van der Waals surface area contributed by atoms with Gasteiger partial charge in [-0.05, 0) is 42.8 Å². The van der Waals surface area contributed by atoms with E-state index in [0.29, 0.717) is 28.7 Å². The summed E-state index contributed by atoms with van der Waals surface area (Å²) in [4.78, 5) is 12.1. The molecule has 0 aliphatic heterocycles. The average Bonchev–Trinajstić information content (AvgIpc) is 2.53. The molecule has 0 aliphatic carbocycles. The van der Waals surface area contributed by atoms with Gasteiger partial charge in [-0.25, -0.2) is 0 Å². The summed E-state index contributed by atoms with van der Waals surface area (Å²) in [6.07, 6.45) is 3.26. The lowest BCUT2D eigenvalue weighted by Crippen LogP contribution is -1.96. The number of allylic oxidation sites excluding steroid dienone is 1. The minimum absolute atomic E-state index is 0.101. The number of carbonyl (C=O) groups is 1. The number of rotatable bonds is 6. The van der Waals surface area contributed by atoms with E-state index in [9.17, 15) is 4.79 Å². The fourth-order valence-corrected chi connectivity index (χ4v) is 2.17. The average molecular weight is 317 g/mol. The SMILES string of the molecule is CCOc1cc(/C=C/C(=O)c2cccc(Cl)c2)ccc1OC. The Bertz CT molecular complexity index is 692. The zero-order valence-electron chi connectivity index (χ0n) is 12.5. The van der Waals surface area contributed by atoms with Crippen LogP contribution >= 0.6 is 11.6 Å². The molecule has 0 heterocycles. The maximum atomic E-state index is 12.1. The molecule has 0 amide bonds. The summed E-state index contributed by atoms with van der Waals surface area (Å²) >= 11 is 5.89. The van der Waals surface area contributed by atoms with Gasteiger partial charge in [-0.1, -0.05) is 35.9 Å². The van der Waals surface area contributed by atoms with Gasteiger partial charge < -0.3 is 9.47 Å². The third kappa shape index (κ3) is 4.12. The van der Waals surface area contributed by atoms with Gasteiger partial charge in [0.15, 0.2) is 17.3 Å². The van der Waals surface area contributed by atoms with E-state index >= 15 is 0 Å². The van der Waals surface area contributed by atoms with Crippen molar-refractivity contribution in [3.05, 3.63) is 64.7 Å². The zero-order chi connectivity index (χ0) is 15.9. The fraction of sp³-hybridized carbons (Fsp3) is 0.167. The third-order valence-corrected chi connectivity index (χ3v) is 3.26. The summed E-state index contributed by atoms with van der Waals surface area (Å²) in [5.41, 5.74) is 1.42. The molecule has 2 rings (SSSR count). The molecule has 0 aliphatic rings. The first-order chi connectivity index (χ1) is 10.6. The number of carbonyl (C=O) groups excluding carboxylic acids is 1. The predicted octanol–water partition coefficient (Wildman–Crippen LogP) is 4.64. The van der Waals surface area contributed by atoms with Gasteiger partial charge in [0.2, 0.25) is 0 Å². The molecular weight excluding hydrogens is 300 g/mol. The van der Waals surface area contributed by atoms with Crippen molar-refractivity contribution in [1.82, 2.24) is 0 Å². The Labute approximate surface area is 135 Å². The first kappa shape index (κ1) is 16.1. The third-order valence-electron chi connectivity index (χ3n) is 3.02. The highest BCUT2D eigenvalue weighted by Gasteiger charge is 2.05. The minimum Gasteiger partial charge on any atom is -0.493 e. The van der Waals surface area contributed by atoms with Crippen LogP contribution in [0.5, 0.6) is 11.5 Å². The molecule has 0 saturated carbocycles. The Hall–Kier alpha value is -2.26. The summed E-state index contributed by atoms with van der Waals surface area (Å²) in [6, 6.07) is 12.4. The molecule has 0 bridgehead atoms. The van der Waals surface area contributed by atoms with Crippen molar-refractivity contribution in [2.45, 2.75) is 6.92 Å². The summed E-state index contributed by atoms with van der Waals surface area (Å²) in [5, 5.41) is 0.544. The molecule has 0 spiro atoms. The van der Waals surface area contributed by atoms with Crippen molar-refractivity contribution in [3.63, 3.8) is 0 Å². The Morgan fingerprint density at radius 2 is 2.00 bits per heavy atom. The highest BCUT2D eigenvalue weighted by Crippen LogP contribution is 2.28. The van der Waals surface area contributed by atoms with Gasteiger partial charge in [0.1, 0.15) is 0 Å².